The average Bonchev–Trinajstić information content (AvgIpc) is 2.67. The van der Waals surface area contributed by atoms with Crippen molar-refractivity contribution in [2.45, 2.75) is 6.10 Å². The molecule has 5 N–H and O–H groups in total. The Labute approximate surface area is 91.7 Å². The van der Waals surface area contributed by atoms with Crippen LogP contribution >= 0.6 is 0 Å². The second-order valence-corrected chi connectivity index (χ2v) is 3.46. The SMILES string of the molecule is Nc1ccc2nc(NCC(O)CO)oc2c1. The molecule has 1 atom stereocenters. The van der Waals surface area contributed by atoms with Crippen molar-refractivity contribution in [2.24, 2.45) is 0 Å². The maximum Gasteiger partial charge on any atom is 0.295 e. The highest BCUT2D eigenvalue weighted by Crippen LogP contribution is 2.20. The molecule has 0 saturated carbocycles. The lowest BCUT2D eigenvalue weighted by molar-refractivity contribution is 0.105. The molecule has 0 saturated heterocycles. The summed E-state index contributed by atoms with van der Waals surface area (Å²) in [6.07, 6.45) is -0.833. The monoisotopic (exact) mass is 223 g/mol. The number of nitrogens with zero attached hydrogens (tertiary/aromatic N) is 1. The summed E-state index contributed by atoms with van der Waals surface area (Å²) >= 11 is 0. The molecule has 16 heavy (non-hydrogen) atoms. The second-order valence-electron chi connectivity index (χ2n) is 3.46. The number of hydrogen-bond acceptors (Lipinski definition) is 6. The van der Waals surface area contributed by atoms with E-state index in [-0.39, 0.29) is 13.2 Å². The van der Waals surface area contributed by atoms with Crippen LogP contribution in [0.5, 0.6) is 0 Å². The summed E-state index contributed by atoms with van der Waals surface area (Å²) in [5.74, 6) is 0. The van der Waals surface area contributed by atoms with Crippen molar-refractivity contribution < 1.29 is 14.6 Å². The lowest BCUT2D eigenvalue weighted by atomic mass is 10.3. The van der Waals surface area contributed by atoms with Gasteiger partial charge in [0.25, 0.3) is 6.01 Å². The fraction of sp³-hybridized carbons (Fsp3) is 0.300. The highest BCUT2D eigenvalue weighted by molar-refractivity contribution is 5.78. The van der Waals surface area contributed by atoms with Crippen molar-refractivity contribution in [3.05, 3.63) is 18.2 Å². The molecular formula is C10H13N3O3. The summed E-state index contributed by atoms with van der Waals surface area (Å²) in [7, 11) is 0. The quantitative estimate of drug-likeness (QED) is 0.551. The van der Waals surface area contributed by atoms with Crippen LogP contribution in [-0.4, -0.2) is 34.5 Å². The zero-order chi connectivity index (χ0) is 11.5. The molecule has 0 radical (unpaired) electrons. The van der Waals surface area contributed by atoms with Gasteiger partial charge in [0.1, 0.15) is 5.52 Å². The third-order valence-corrected chi connectivity index (χ3v) is 2.11. The summed E-state index contributed by atoms with van der Waals surface area (Å²) in [5, 5.41) is 20.5. The number of nitrogens with two attached hydrogens (primary N) is 1. The number of aromatic nitrogens is 1. The van der Waals surface area contributed by atoms with Crippen LogP contribution in [0.3, 0.4) is 0 Å². The maximum absolute atomic E-state index is 9.14. The van der Waals surface area contributed by atoms with Crippen LogP contribution in [-0.2, 0) is 0 Å². The summed E-state index contributed by atoms with van der Waals surface area (Å²) in [6, 6.07) is 5.46. The van der Waals surface area contributed by atoms with Gasteiger partial charge in [0.05, 0.1) is 12.7 Å². The smallest absolute Gasteiger partial charge is 0.295 e. The van der Waals surface area contributed by atoms with Crippen molar-refractivity contribution in [3.8, 4) is 0 Å². The normalized spacial score (nSPS) is 12.9. The van der Waals surface area contributed by atoms with Gasteiger partial charge in [-0.1, -0.05) is 0 Å². The Balaban J connectivity index is 2.13. The van der Waals surface area contributed by atoms with E-state index in [0.717, 1.165) is 0 Å². The number of fused-ring (bicyclic) bond motifs is 1. The van der Waals surface area contributed by atoms with Gasteiger partial charge in [0.15, 0.2) is 5.58 Å². The van der Waals surface area contributed by atoms with Gasteiger partial charge in [-0.3, -0.25) is 0 Å². The minimum absolute atomic E-state index is 0.179. The van der Waals surface area contributed by atoms with Gasteiger partial charge in [-0.25, -0.2) is 0 Å². The van der Waals surface area contributed by atoms with E-state index < -0.39 is 6.10 Å². The van der Waals surface area contributed by atoms with E-state index in [9.17, 15) is 0 Å². The van der Waals surface area contributed by atoms with Gasteiger partial charge in [0, 0.05) is 18.3 Å². The minimum atomic E-state index is -0.833. The van der Waals surface area contributed by atoms with Crippen molar-refractivity contribution in [2.75, 3.05) is 24.2 Å². The number of anilines is 2. The van der Waals surface area contributed by atoms with Gasteiger partial charge in [0.2, 0.25) is 0 Å². The molecule has 0 aliphatic heterocycles. The van der Waals surface area contributed by atoms with Crippen LogP contribution in [0.2, 0.25) is 0 Å². The summed E-state index contributed by atoms with van der Waals surface area (Å²) < 4.78 is 5.35. The number of aliphatic hydroxyl groups excluding tert-OH is 2. The highest BCUT2D eigenvalue weighted by Gasteiger charge is 2.07. The highest BCUT2D eigenvalue weighted by atomic mass is 16.4. The Morgan fingerprint density at radius 1 is 1.50 bits per heavy atom. The Bertz CT molecular complexity index is 483. The zero-order valence-electron chi connectivity index (χ0n) is 8.55. The van der Waals surface area contributed by atoms with E-state index in [4.69, 9.17) is 20.4 Å². The van der Waals surface area contributed by atoms with Crippen LogP contribution in [0.25, 0.3) is 11.1 Å². The number of nitrogen functional groups attached to an aromatic ring is 1. The molecule has 1 aromatic carbocycles. The molecule has 1 heterocycles. The van der Waals surface area contributed by atoms with Crippen molar-refractivity contribution in [1.29, 1.82) is 0 Å². The number of hydrogen-bond donors (Lipinski definition) is 4. The van der Waals surface area contributed by atoms with E-state index >= 15 is 0 Å². The van der Waals surface area contributed by atoms with Gasteiger partial charge < -0.3 is 25.7 Å². The summed E-state index contributed by atoms with van der Waals surface area (Å²) in [6.45, 7) is -0.126. The predicted octanol–water partition coefficient (Wildman–Crippen LogP) is 0.175. The first-order valence-corrected chi connectivity index (χ1v) is 4.88. The van der Waals surface area contributed by atoms with E-state index in [1.54, 1.807) is 18.2 Å². The van der Waals surface area contributed by atoms with Crippen LogP contribution in [0.15, 0.2) is 22.6 Å². The van der Waals surface area contributed by atoms with Crippen molar-refractivity contribution >= 4 is 22.8 Å². The Morgan fingerprint density at radius 2 is 2.31 bits per heavy atom. The molecular weight excluding hydrogens is 210 g/mol. The topological polar surface area (TPSA) is 105 Å². The fourth-order valence-corrected chi connectivity index (χ4v) is 1.29. The van der Waals surface area contributed by atoms with Crippen molar-refractivity contribution in [1.82, 2.24) is 4.98 Å². The lowest BCUT2D eigenvalue weighted by Gasteiger charge is -2.05. The predicted molar refractivity (Wildman–Crippen MR) is 60.0 cm³/mol. The van der Waals surface area contributed by atoms with Gasteiger partial charge in [-0.15, -0.1) is 0 Å². The van der Waals surface area contributed by atoms with Gasteiger partial charge in [-0.2, -0.15) is 4.98 Å². The first kappa shape index (κ1) is 10.7. The number of rotatable bonds is 4. The Morgan fingerprint density at radius 3 is 3.06 bits per heavy atom. The number of aliphatic hydroxyl groups is 2. The standard InChI is InChI=1S/C10H13N3O3/c11-6-1-2-8-9(3-6)16-10(13-8)12-4-7(15)5-14/h1-3,7,14-15H,4-5,11H2,(H,12,13). The third-order valence-electron chi connectivity index (χ3n) is 2.11. The van der Waals surface area contributed by atoms with E-state index in [1.165, 1.54) is 0 Å². The second kappa shape index (κ2) is 4.38. The number of nitrogens with one attached hydrogen (secondary N) is 1. The molecule has 0 fully saturated rings. The zero-order valence-corrected chi connectivity index (χ0v) is 8.55. The molecule has 0 spiro atoms. The van der Waals surface area contributed by atoms with Gasteiger partial charge >= 0.3 is 0 Å². The molecule has 0 aliphatic rings. The fourth-order valence-electron chi connectivity index (χ4n) is 1.29. The maximum atomic E-state index is 9.14. The molecule has 0 bridgehead atoms. The molecule has 2 aromatic rings. The van der Waals surface area contributed by atoms with Crippen LogP contribution in [0.1, 0.15) is 0 Å². The van der Waals surface area contributed by atoms with Crippen LogP contribution < -0.4 is 11.1 Å². The molecule has 6 nitrogen and oxygen atoms in total. The largest absolute Gasteiger partial charge is 0.423 e. The molecule has 2 rings (SSSR count). The number of benzene rings is 1. The van der Waals surface area contributed by atoms with Crippen LogP contribution in [0.4, 0.5) is 11.7 Å². The van der Waals surface area contributed by atoms with E-state index in [1.807, 2.05) is 0 Å². The molecule has 6 heteroatoms. The van der Waals surface area contributed by atoms with Crippen molar-refractivity contribution in [3.63, 3.8) is 0 Å². The lowest BCUT2D eigenvalue weighted by Crippen LogP contribution is -2.22. The Kier molecular flexibility index (Phi) is 2.93. The van der Waals surface area contributed by atoms with Gasteiger partial charge in [-0.05, 0) is 12.1 Å². The molecule has 0 aliphatic carbocycles. The number of oxazole rings is 1. The first-order valence-electron chi connectivity index (χ1n) is 4.88. The summed E-state index contributed by atoms with van der Waals surface area (Å²) in [5.41, 5.74) is 7.47. The van der Waals surface area contributed by atoms with E-state index in [2.05, 4.69) is 10.3 Å². The van der Waals surface area contributed by atoms with Crippen LogP contribution in [0, 0.1) is 0 Å². The Hall–Kier alpha value is -1.79. The molecule has 0 amide bonds. The molecule has 1 unspecified atom stereocenters. The summed E-state index contributed by atoms with van der Waals surface area (Å²) in [4.78, 5) is 4.13. The first-order chi connectivity index (χ1) is 7.69. The average molecular weight is 223 g/mol. The molecule has 1 aromatic heterocycles. The third kappa shape index (κ3) is 2.23. The minimum Gasteiger partial charge on any atom is -0.423 e. The van der Waals surface area contributed by atoms with E-state index in [0.29, 0.717) is 22.8 Å². The molecule has 86 valence electrons.